The van der Waals surface area contributed by atoms with Gasteiger partial charge in [-0.05, 0) is 36.6 Å². The normalized spacial score (nSPS) is 16.2. The van der Waals surface area contributed by atoms with Crippen molar-refractivity contribution in [2.45, 2.75) is 32.7 Å². The lowest BCUT2D eigenvalue weighted by Gasteiger charge is -2.40. The number of carbonyl (C=O) groups excluding carboxylic acids is 2. The summed E-state index contributed by atoms with van der Waals surface area (Å²) in [5.74, 6) is -0.301. The van der Waals surface area contributed by atoms with Gasteiger partial charge in [0, 0.05) is 49.7 Å². The molecule has 3 heterocycles. The molecule has 0 bridgehead atoms. The van der Waals surface area contributed by atoms with Crippen LogP contribution in [0.15, 0.2) is 54.9 Å². The molecule has 1 atom stereocenters. The molecule has 3 aromatic rings. The van der Waals surface area contributed by atoms with Gasteiger partial charge in [-0.25, -0.2) is 9.97 Å². The molecule has 170 valence electrons. The number of carbonyl (C=O) groups is 2. The van der Waals surface area contributed by atoms with Gasteiger partial charge in [0.05, 0.1) is 0 Å². The molecule has 1 fully saturated rings. The van der Waals surface area contributed by atoms with Crippen molar-refractivity contribution >= 4 is 17.8 Å². The molecule has 1 aliphatic rings. The number of hydrogen-bond donors (Lipinski definition) is 1. The first-order valence-electron chi connectivity index (χ1n) is 11.2. The van der Waals surface area contributed by atoms with Crippen molar-refractivity contribution in [3.8, 4) is 11.1 Å². The van der Waals surface area contributed by atoms with Crippen molar-refractivity contribution in [2.24, 2.45) is 0 Å². The third-order valence-electron chi connectivity index (χ3n) is 5.83. The number of aromatic nitrogens is 3. The van der Waals surface area contributed by atoms with E-state index in [4.69, 9.17) is 5.73 Å². The first-order chi connectivity index (χ1) is 16.0. The average Bonchev–Trinajstić information content (AvgIpc) is 2.82. The Hall–Kier alpha value is -3.81. The van der Waals surface area contributed by atoms with Crippen molar-refractivity contribution < 1.29 is 9.59 Å². The zero-order chi connectivity index (χ0) is 23.4. The fourth-order valence-electron chi connectivity index (χ4n) is 4.33. The lowest BCUT2D eigenvalue weighted by atomic mass is 9.93. The van der Waals surface area contributed by atoms with Crippen molar-refractivity contribution in [1.82, 2.24) is 24.8 Å². The Morgan fingerprint density at radius 2 is 1.97 bits per heavy atom. The Morgan fingerprint density at radius 1 is 1.15 bits per heavy atom. The first-order valence-corrected chi connectivity index (χ1v) is 11.2. The first kappa shape index (κ1) is 22.4. The van der Waals surface area contributed by atoms with Gasteiger partial charge < -0.3 is 15.5 Å². The summed E-state index contributed by atoms with van der Waals surface area (Å²) in [5, 5.41) is 0. The molecule has 2 amide bonds. The molecule has 4 rings (SSSR count). The number of anilines is 1. The summed E-state index contributed by atoms with van der Waals surface area (Å²) in [7, 11) is 0. The summed E-state index contributed by atoms with van der Waals surface area (Å²) in [6.45, 7) is 5.41. The summed E-state index contributed by atoms with van der Waals surface area (Å²) in [4.78, 5) is 42.9. The zero-order valence-corrected chi connectivity index (χ0v) is 18.9. The highest BCUT2D eigenvalue weighted by Crippen LogP contribution is 2.27. The molecule has 8 heteroatoms. The fourth-order valence-corrected chi connectivity index (χ4v) is 4.33. The van der Waals surface area contributed by atoms with Crippen LogP contribution in [0.4, 0.5) is 5.95 Å². The van der Waals surface area contributed by atoms with Crippen molar-refractivity contribution in [3.05, 3.63) is 71.8 Å². The van der Waals surface area contributed by atoms with Crippen LogP contribution < -0.4 is 5.73 Å². The van der Waals surface area contributed by atoms with Gasteiger partial charge in [0.1, 0.15) is 11.7 Å². The van der Waals surface area contributed by atoms with Crippen LogP contribution in [0.1, 0.15) is 35.1 Å². The van der Waals surface area contributed by atoms with Gasteiger partial charge in [-0.15, -0.1) is 0 Å². The molecule has 1 aliphatic heterocycles. The highest BCUT2D eigenvalue weighted by molar-refractivity contribution is 5.97. The number of rotatable bonds is 6. The number of pyridine rings is 1. The second-order valence-corrected chi connectivity index (χ2v) is 8.20. The number of benzene rings is 1. The van der Waals surface area contributed by atoms with Crippen LogP contribution in [0.2, 0.25) is 0 Å². The minimum atomic E-state index is -0.632. The van der Waals surface area contributed by atoms with Crippen LogP contribution in [0.5, 0.6) is 0 Å². The largest absolute Gasteiger partial charge is 0.368 e. The molecule has 0 saturated carbocycles. The summed E-state index contributed by atoms with van der Waals surface area (Å²) in [5.41, 5.74) is 9.56. The van der Waals surface area contributed by atoms with Gasteiger partial charge in [-0.1, -0.05) is 37.3 Å². The average molecular weight is 445 g/mol. The second-order valence-electron chi connectivity index (χ2n) is 8.20. The van der Waals surface area contributed by atoms with E-state index in [9.17, 15) is 9.59 Å². The van der Waals surface area contributed by atoms with Crippen LogP contribution in [-0.4, -0.2) is 62.2 Å². The van der Waals surface area contributed by atoms with E-state index in [1.54, 1.807) is 30.3 Å². The summed E-state index contributed by atoms with van der Waals surface area (Å²) in [6.07, 6.45) is 4.80. The summed E-state index contributed by atoms with van der Waals surface area (Å²) >= 11 is 0. The van der Waals surface area contributed by atoms with Crippen LogP contribution in [0.25, 0.3) is 11.1 Å². The maximum atomic E-state index is 13.5. The van der Waals surface area contributed by atoms with Crippen LogP contribution in [-0.2, 0) is 11.2 Å². The number of nitrogen functional groups attached to an aromatic ring is 1. The van der Waals surface area contributed by atoms with E-state index in [0.717, 1.165) is 23.1 Å². The SMILES string of the molecule is CCCN1CCN(C(=O)c2cc(C)nc(N)n2)[C@@H](Cc2ccccc2-c2cccnc2)C1=O. The molecule has 0 unspecified atom stereocenters. The van der Waals surface area contributed by atoms with Gasteiger partial charge in [-0.2, -0.15) is 0 Å². The minimum Gasteiger partial charge on any atom is -0.368 e. The van der Waals surface area contributed by atoms with E-state index in [-0.39, 0.29) is 23.5 Å². The van der Waals surface area contributed by atoms with E-state index in [0.29, 0.717) is 31.7 Å². The molecule has 8 nitrogen and oxygen atoms in total. The van der Waals surface area contributed by atoms with Crippen LogP contribution in [0, 0.1) is 6.92 Å². The Kier molecular flexibility index (Phi) is 6.63. The molecule has 0 radical (unpaired) electrons. The van der Waals surface area contributed by atoms with Crippen LogP contribution in [0.3, 0.4) is 0 Å². The van der Waals surface area contributed by atoms with Crippen molar-refractivity contribution in [3.63, 3.8) is 0 Å². The topological polar surface area (TPSA) is 105 Å². The van der Waals surface area contributed by atoms with E-state index in [1.807, 2.05) is 48.2 Å². The number of nitrogens with two attached hydrogens (primary N) is 1. The standard InChI is InChI=1S/C25H28N6O2/c1-3-11-30-12-13-31(23(32)21-14-17(2)28-25(26)29-21)22(24(30)33)15-18-7-4-5-9-20(18)19-8-6-10-27-16-19/h4-10,14,16,22H,3,11-13,15H2,1-2H3,(H2,26,28,29)/t22-/m0/s1. The number of hydrogen-bond acceptors (Lipinski definition) is 6. The minimum absolute atomic E-state index is 0.0452. The fraction of sp³-hybridized carbons (Fsp3) is 0.320. The van der Waals surface area contributed by atoms with E-state index >= 15 is 0 Å². The number of amides is 2. The highest BCUT2D eigenvalue weighted by Gasteiger charge is 2.38. The highest BCUT2D eigenvalue weighted by atomic mass is 16.2. The predicted octanol–water partition coefficient (Wildman–Crippen LogP) is 2.73. The Morgan fingerprint density at radius 3 is 2.70 bits per heavy atom. The molecular formula is C25H28N6O2. The Labute approximate surface area is 193 Å². The van der Waals surface area contributed by atoms with Gasteiger partial charge >= 0.3 is 0 Å². The maximum Gasteiger partial charge on any atom is 0.273 e. The van der Waals surface area contributed by atoms with Gasteiger partial charge in [0.2, 0.25) is 11.9 Å². The van der Waals surface area contributed by atoms with Gasteiger partial charge in [0.25, 0.3) is 5.91 Å². The van der Waals surface area contributed by atoms with Crippen molar-refractivity contribution in [1.29, 1.82) is 0 Å². The lowest BCUT2D eigenvalue weighted by Crippen LogP contribution is -2.59. The lowest BCUT2D eigenvalue weighted by molar-refractivity contribution is -0.140. The molecule has 1 saturated heterocycles. The number of piperazine rings is 1. The molecule has 2 aromatic heterocycles. The van der Waals surface area contributed by atoms with Gasteiger partial charge in [-0.3, -0.25) is 14.6 Å². The summed E-state index contributed by atoms with van der Waals surface area (Å²) < 4.78 is 0. The number of aryl methyl sites for hydroxylation is 1. The predicted molar refractivity (Wildman–Crippen MR) is 126 cm³/mol. The molecular weight excluding hydrogens is 416 g/mol. The molecule has 33 heavy (non-hydrogen) atoms. The Balaban J connectivity index is 1.70. The Bertz CT molecular complexity index is 1130. The molecule has 2 N–H and O–H groups in total. The van der Waals surface area contributed by atoms with E-state index in [1.165, 1.54) is 0 Å². The van der Waals surface area contributed by atoms with Crippen LogP contribution >= 0.6 is 0 Å². The van der Waals surface area contributed by atoms with E-state index in [2.05, 4.69) is 15.0 Å². The third-order valence-corrected chi connectivity index (χ3v) is 5.83. The van der Waals surface area contributed by atoms with Gasteiger partial charge in [0.15, 0.2) is 0 Å². The number of nitrogens with zero attached hydrogens (tertiary/aromatic N) is 5. The van der Waals surface area contributed by atoms with Crippen molar-refractivity contribution in [2.75, 3.05) is 25.4 Å². The monoisotopic (exact) mass is 444 g/mol. The zero-order valence-electron chi connectivity index (χ0n) is 18.9. The summed E-state index contributed by atoms with van der Waals surface area (Å²) in [6, 6.07) is 12.8. The second kappa shape index (κ2) is 9.77. The smallest absolute Gasteiger partial charge is 0.273 e. The van der Waals surface area contributed by atoms with E-state index < -0.39 is 6.04 Å². The third kappa shape index (κ3) is 4.84. The molecule has 1 aromatic carbocycles. The quantitative estimate of drug-likeness (QED) is 0.627. The molecule has 0 spiro atoms. The molecule has 0 aliphatic carbocycles. The maximum absolute atomic E-state index is 13.5.